The largest absolute Gasteiger partial charge is 0.507 e. The van der Waals surface area contributed by atoms with Crippen LogP contribution in [0.15, 0.2) is 40.2 Å². The lowest BCUT2D eigenvalue weighted by Crippen LogP contribution is -2.17. The summed E-state index contributed by atoms with van der Waals surface area (Å²) in [6, 6.07) is 8.54. The molecule has 0 aliphatic heterocycles. The number of nitrogens with one attached hydrogen (secondary N) is 1. The Kier molecular flexibility index (Phi) is 3.44. The molecule has 7 heteroatoms. The number of nitrogens with zero attached hydrogens (tertiary/aromatic N) is 2. The molecule has 0 aliphatic carbocycles. The van der Waals surface area contributed by atoms with E-state index < -0.39 is 0 Å². The van der Waals surface area contributed by atoms with Crippen LogP contribution >= 0.6 is 23.6 Å². The van der Waals surface area contributed by atoms with Crippen LogP contribution in [-0.2, 0) is 0 Å². The molecule has 0 atom stereocenters. The Balaban J connectivity index is 2.15. The zero-order chi connectivity index (χ0) is 15.0. The van der Waals surface area contributed by atoms with Gasteiger partial charge in [0, 0.05) is 10.4 Å². The summed E-state index contributed by atoms with van der Waals surface area (Å²) in [6.07, 6.45) is 1.41. The van der Waals surface area contributed by atoms with Crippen LogP contribution < -0.4 is 5.56 Å². The number of rotatable bonds is 2. The first-order chi connectivity index (χ1) is 10.1. The first-order valence-electron chi connectivity index (χ1n) is 6.14. The van der Waals surface area contributed by atoms with E-state index in [0.29, 0.717) is 10.9 Å². The molecule has 0 amide bonds. The number of aromatic nitrogens is 2. The van der Waals surface area contributed by atoms with E-state index in [4.69, 9.17) is 12.2 Å². The van der Waals surface area contributed by atoms with Gasteiger partial charge in [0.25, 0.3) is 5.56 Å². The van der Waals surface area contributed by atoms with Crippen molar-refractivity contribution in [1.82, 2.24) is 9.66 Å². The standard InChI is InChI=1S/C14H11N3O2S2/c1-8-6-10-12(21-8)16-14(20)17(13(10)19)15-7-9-4-2-3-5-11(9)18/h2-7,18H,1H3,(H,16,20)/b15-7+. The average molecular weight is 317 g/mol. The third kappa shape index (κ3) is 2.53. The molecule has 2 N–H and O–H groups in total. The van der Waals surface area contributed by atoms with Crippen LogP contribution in [0.1, 0.15) is 10.4 Å². The Hall–Kier alpha value is -2.25. The lowest BCUT2D eigenvalue weighted by Gasteiger charge is -2.00. The summed E-state index contributed by atoms with van der Waals surface area (Å²) in [6.45, 7) is 1.93. The molecular formula is C14H11N3O2S2. The molecule has 0 aliphatic rings. The fourth-order valence-corrected chi connectivity index (χ4v) is 3.14. The number of hydrogen-bond acceptors (Lipinski definition) is 5. The maximum atomic E-state index is 12.4. The number of phenolic OH excluding ortho intramolecular Hbond substituents is 1. The molecule has 0 saturated carbocycles. The van der Waals surface area contributed by atoms with Gasteiger partial charge in [0.05, 0.1) is 11.6 Å². The minimum Gasteiger partial charge on any atom is -0.507 e. The van der Waals surface area contributed by atoms with Crippen LogP contribution in [0.3, 0.4) is 0 Å². The molecule has 2 heterocycles. The SMILES string of the molecule is Cc1cc2c(=O)n(/N=C/c3ccccc3O)c(=S)[nH]c2s1. The van der Waals surface area contributed by atoms with E-state index >= 15 is 0 Å². The van der Waals surface area contributed by atoms with E-state index in [-0.39, 0.29) is 16.1 Å². The number of aromatic hydroxyl groups is 1. The van der Waals surface area contributed by atoms with Gasteiger partial charge in [0.2, 0.25) is 4.77 Å². The van der Waals surface area contributed by atoms with Gasteiger partial charge in [-0.25, -0.2) is 0 Å². The van der Waals surface area contributed by atoms with Crippen molar-refractivity contribution < 1.29 is 5.11 Å². The van der Waals surface area contributed by atoms with Crippen LogP contribution in [0, 0.1) is 11.7 Å². The lowest BCUT2D eigenvalue weighted by atomic mass is 10.2. The predicted octanol–water partition coefficient (Wildman–Crippen LogP) is 3.02. The van der Waals surface area contributed by atoms with Gasteiger partial charge in [-0.15, -0.1) is 11.3 Å². The number of H-pyrrole nitrogens is 1. The van der Waals surface area contributed by atoms with Crippen molar-refractivity contribution in [3.8, 4) is 5.75 Å². The number of aromatic amines is 1. The third-order valence-electron chi connectivity index (χ3n) is 2.94. The smallest absolute Gasteiger partial charge is 0.283 e. The second-order valence-corrected chi connectivity index (χ2v) is 6.09. The third-order valence-corrected chi connectivity index (χ3v) is 4.18. The molecular weight excluding hydrogens is 306 g/mol. The molecule has 0 unspecified atom stereocenters. The van der Waals surface area contributed by atoms with Crippen LogP contribution in [0.25, 0.3) is 10.2 Å². The van der Waals surface area contributed by atoms with Crippen molar-refractivity contribution >= 4 is 40.0 Å². The Morgan fingerprint density at radius 1 is 1.43 bits per heavy atom. The first-order valence-corrected chi connectivity index (χ1v) is 7.36. The summed E-state index contributed by atoms with van der Waals surface area (Å²) in [5, 5.41) is 14.3. The average Bonchev–Trinajstić information content (AvgIpc) is 2.81. The van der Waals surface area contributed by atoms with Gasteiger partial charge >= 0.3 is 0 Å². The van der Waals surface area contributed by atoms with Crippen molar-refractivity contribution in [2.24, 2.45) is 5.10 Å². The lowest BCUT2D eigenvalue weighted by molar-refractivity contribution is 0.474. The number of benzene rings is 1. The van der Waals surface area contributed by atoms with E-state index in [1.165, 1.54) is 17.6 Å². The molecule has 3 aromatic rings. The first kappa shape index (κ1) is 13.7. The maximum Gasteiger partial charge on any atom is 0.283 e. The Morgan fingerprint density at radius 2 is 2.19 bits per heavy atom. The predicted molar refractivity (Wildman–Crippen MR) is 87.1 cm³/mol. The maximum absolute atomic E-state index is 12.4. The van der Waals surface area contributed by atoms with E-state index in [2.05, 4.69) is 10.1 Å². The van der Waals surface area contributed by atoms with E-state index in [1.807, 2.05) is 6.92 Å². The molecule has 21 heavy (non-hydrogen) atoms. The van der Waals surface area contributed by atoms with Crippen LogP contribution in [-0.4, -0.2) is 21.0 Å². The minimum atomic E-state index is -0.273. The van der Waals surface area contributed by atoms with Gasteiger partial charge in [-0.1, -0.05) is 12.1 Å². The number of fused-ring (bicyclic) bond motifs is 1. The molecule has 3 rings (SSSR count). The Morgan fingerprint density at radius 3 is 2.95 bits per heavy atom. The number of thiophene rings is 1. The van der Waals surface area contributed by atoms with Gasteiger partial charge in [-0.2, -0.15) is 9.78 Å². The molecule has 0 fully saturated rings. The molecule has 0 bridgehead atoms. The van der Waals surface area contributed by atoms with Crippen molar-refractivity contribution in [2.45, 2.75) is 6.92 Å². The van der Waals surface area contributed by atoms with E-state index in [0.717, 1.165) is 14.4 Å². The summed E-state index contributed by atoms with van der Waals surface area (Å²) in [7, 11) is 0. The normalized spacial score (nSPS) is 11.5. The minimum absolute atomic E-state index is 0.0941. The van der Waals surface area contributed by atoms with Gasteiger partial charge in [0.15, 0.2) is 0 Å². The van der Waals surface area contributed by atoms with E-state index in [9.17, 15) is 9.90 Å². The highest BCUT2D eigenvalue weighted by Crippen LogP contribution is 2.19. The molecule has 1 aromatic carbocycles. The molecule has 0 saturated heterocycles. The van der Waals surface area contributed by atoms with Crippen molar-refractivity contribution in [3.63, 3.8) is 0 Å². The summed E-state index contributed by atoms with van der Waals surface area (Å²) >= 11 is 6.64. The van der Waals surface area contributed by atoms with Crippen LogP contribution in [0.4, 0.5) is 0 Å². The number of hydrogen-bond donors (Lipinski definition) is 2. The summed E-state index contributed by atoms with van der Waals surface area (Å²) in [5.41, 5.74) is 0.241. The van der Waals surface area contributed by atoms with Gasteiger partial charge in [0.1, 0.15) is 10.6 Å². The van der Waals surface area contributed by atoms with Crippen LogP contribution in [0.2, 0.25) is 0 Å². The number of para-hydroxylation sites is 1. The Bertz CT molecular complexity index is 966. The van der Waals surface area contributed by atoms with Crippen LogP contribution in [0.5, 0.6) is 5.75 Å². The zero-order valence-electron chi connectivity index (χ0n) is 11.0. The summed E-state index contributed by atoms with van der Waals surface area (Å²) in [5.74, 6) is 0.0941. The van der Waals surface area contributed by atoms with Gasteiger partial charge in [-0.05, 0) is 37.3 Å². The molecule has 0 spiro atoms. The van der Waals surface area contributed by atoms with Crippen molar-refractivity contribution in [2.75, 3.05) is 0 Å². The molecule has 5 nitrogen and oxygen atoms in total. The molecule has 2 aromatic heterocycles. The number of aryl methyl sites for hydroxylation is 1. The second-order valence-electron chi connectivity index (χ2n) is 4.45. The quantitative estimate of drug-likeness (QED) is 0.564. The fourth-order valence-electron chi connectivity index (χ4n) is 1.94. The molecule has 0 radical (unpaired) electrons. The van der Waals surface area contributed by atoms with Crippen molar-refractivity contribution in [3.05, 3.63) is 55.9 Å². The molecule has 106 valence electrons. The van der Waals surface area contributed by atoms with Crippen molar-refractivity contribution in [1.29, 1.82) is 0 Å². The highest BCUT2D eigenvalue weighted by atomic mass is 32.1. The Labute approximate surface area is 128 Å². The number of phenols is 1. The summed E-state index contributed by atoms with van der Waals surface area (Å²) in [4.78, 5) is 17.1. The van der Waals surface area contributed by atoms with E-state index in [1.54, 1.807) is 30.3 Å². The second kappa shape index (κ2) is 5.27. The highest BCUT2D eigenvalue weighted by molar-refractivity contribution is 7.71. The topological polar surface area (TPSA) is 70.4 Å². The monoisotopic (exact) mass is 317 g/mol. The van der Waals surface area contributed by atoms with Gasteiger partial charge in [-0.3, -0.25) is 4.79 Å². The fraction of sp³-hybridized carbons (Fsp3) is 0.0714. The van der Waals surface area contributed by atoms with Gasteiger partial charge < -0.3 is 10.1 Å². The zero-order valence-corrected chi connectivity index (χ0v) is 12.7. The summed E-state index contributed by atoms with van der Waals surface area (Å²) < 4.78 is 1.34. The highest BCUT2D eigenvalue weighted by Gasteiger charge is 2.07.